The van der Waals surface area contributed by atoms with E-state index in [0.29, 0.717) is 23.3 Å². The van der Waals surface area contributed by atoms with Gasteiger partial charge in [-0.2, -0.15) is 0 Å². The molecule has 0 fully saturated rings. The quantitative estimate of drug-likeness (QED) is 0.213. The summed E-state index contributed by atoms with van der Waals surface area (Å²) < 4.78 is 60.0. The molecule has 0 aliphatic carbocycles. The van der Waals surface area contributed by atoms with E-state index in [1.807, 2.05) is 0 Å². The Morgan fingerprint density at radius 3 is 0.477 bits per heavy atom. The number of hydrogen-bond donors (Lipinski definition) is 0. The number of nitrogens with zero attached hydrogens (tertiary/aromatic N) is 8. The van der Waals surface area contributed by atoms with Crippen LogP contribution in [0, 0.1) is 53.2 Å². The van der Waals surface area contributed by atoms with Crippen molar-refractivity contribution >= 4 is 19.1 Å². The van der Waals surface area contributed by atoms with Crippen molar-refractivity contribution in [1.29, 1.82) is 0 Å². The van der Waals surface area contributed by atoms with E-state index in [9.17, 15) is 0 Å². The SMILES string of the molecule is [C-]#[O+].[C-]#[O+].[C-]#[O+].[C-]#[O+].[C-]#[O+].[C-]#[O+].[C-]#[O+].[C-]#[O+].[Cl][Re].[Cl][Re].c1cnc(-c2ncccn2)nc1.c1cnc(-c2ncccn2)nc1. The fourth-order valence-electron chi connectivity index (χ4n) is 1.66. The average Bonchev–Trinajstić information content (AvgIpc) is 3.21. The summed E-state index contributed by atoms with van der Waals surface area (Å²) in [6.07, 6.45) is 13.3. The Morgan fingerprint density at radius 1 is 0.295 bits per heavy atom. The van der Waals surface area contributed by atoms with Crippen LogP contribution in [-0.4, -0.2) is 39.9 Å². The zero-order valence-electron chi connectivity index (χ0n) is 21.3. The van der Waals surface area contributed by atoms with E-state index in [1.165, 1.54) is 36.4 Å². The molecule has 0 aliphatic rings. The van der Waals surface area contributed by atoms with E-state index in [2.05, 4.69) is 93.1 Å². The Bertz CT molecular complexity index is 1020. The normalized spacial score (nSPS) is 5.91. The summed E-state index contributed by atoms with van der Waals surface area (Å²) in [7, 11) is 9.39. The molecule has 0 aromatic carbocycles. The first kappa shape index (κ1) is 59.5. The van der Waals surface area contributed by atoms with Crippen LogP contribution in [0.4, 0.5) is 0 Å². The molecule has 0 bridgehead atoms. The van der Waals surface area contributed by atoms with E-state index in [0.717, 1.165) is 0 Å². The van der Waals surface area contributed by atoms with Gasteiger partial charge in [-0.05, 0) is 24.3 Å². The summed E-state index contributed by atoms with van der Waals surface area (Å²) in [5.41, 5.74) is 0. The van der Waals surface area contributed by atoms with Crippen LogP contribution in [0.1, 0.15) is 0 Å². The molecule has 44 heavy (non-hydrogen) atoms. The molecule has 0 atom stereocenters. The molecule has 0 unspecified atom stereocenters. The third-order valence-corrected chi connectivity index (χ3v) is 2.66. The zero-order chi connectivity index (χ0) is 36.5. The van der Waals surface area contributed by atoms with E-state index in [4.69, 9.17) is 56.3 Å². The van der Waals surface area contributed by atoms with Gasteiger partial charge in [-0.25, -0.2) is 39.9 Å². The molecule has 0 saturated carbocycles. The molecule has 4 heterocycles. The summed E-state index contributed by atoms with van der Waals surface area (Å²) in [4.78, 5) is 32.1. The first-order valence-corrected chi connectivity index (χ1v) is 15.7. The molecular weight excluding hydrogens is 972 g/mol. The third-order valence-electron chi connectivity index (χ3n) is 2.66. The van der Waals surface area contributed by atoms with Crippen LogP contribution in [0.2, 0.25) is 0 Å². The first-order chi connectivity index (χ1) is 21.9. The maximum atomic E-state index is 7.50. The van der Waals surface area contributed by atoms with Crippen LogP contribution in [0.3, 0.4) is 0 Å². The van der Waals surface area contributed by atoms with Gasteiger partial charge in [0.05, 0.1) is 0 Å². The van der Waals surface area contributed by atoms with Crippen molar-refractivity contribution in [1.82, 2.24) is 39.9 Å². The van der Waals surface area contributed by atoms with Crippen molar-refractivity contribution in [2.24, 2.45) is 0 Å². The van der Waals surface area contributed by atoms with Gasteiger partial charge < -0.3 is 0 Å². The number of halogens is 2. The first-order valence-electron chi connectivity index (χ1n) is 8.94. The molecule has 0 saturated heterocycles. The van der Waals surface area contributed by atoms with Gasteiger partial charge in [-0.1, -0.05) is 0 Å². The van der Waals surface area contributed by atoms with Gasteiger partial charge in [0.15, 0.2) is 23.3 Å². The Hall–Kier alpha value is -3.86. The van der Waals surface area contributed by atoms with E-state index >= 15 is 0 Å². The fourth-order valence-corrected chi connectivity index (χ4v) is 1.66. The minimum Gasteiger partial charge on any atom is -0.234 e. The van der Waals surface area contributed by atoms with Crippen molar-refractivity contribution in [3.8, 4) is 23.3 Å². The Labute approximate surface area is 281 Å². The molecule has 16 nitrogen and oxygen atoms in total. The summed E-state index contributed by atoms with van der Waals surface area (Å²) >= 11 is 2.39. The van der Waals surface area contributed by atoms with Crippen molar-refractivity contribution in [3.63, 3.8) is 0 Å². The fraction of sp³-hybridized carbons (Fsp3) is 0. The molecule has 0 spiro atoms. The van der Waals surface area contributed by atoms with Crippen molar-refractivity contribution in [2.45, 2.75) is 0 Å². The van der Waals surface area contributed by atoms with Crippen LogP contribution in [-0.2, 0) is 73.6 Å². The summed E-state index contributed by atoms with van der Waals surface area (Å²) in [5.74, 6) is 2.22. The van der Waals surface area contributed by atoms with Gasteiger partial charge in [0, 0.05) is 49.6 Å². The van der Waals surface area contributed by atoms with E-state index in [1.54, 1.807) is 73.8 Å². The molecule has 4 aromatic heterocycles. The largest absolute Gasteiger partial charge is 0.234 e. The maximum absolute atomic E-state index is 7.50. The van der Waals surface area contributed by atoms with Gasteiger partial charge in [-0.3, -0.25) is 0 Å². The minimum absolute atomic E-state index is 0.554. The maximum Gasteiger partial charge on any atom is 0.197 e. The molecule has 0 aliphatic heterocycles. The van der Waals surface area contributed by atoms with Crippen molar-refractivity contribution in [2.75, 3.05) is 0 Å². The number of aromatic nitrogens is 8. The Kier molecular flexibility index (Phi) is 97.3. The second-order valence-electron chi connectivity index (χ2n) is 4.29. The second-order valence-corrected chi connectivity index (χ2v) is 4.29. The Balaban J connectivity index is -0.0000000630. The average molecular weight is 984 g/mol. The summed E-state index contributed by atoms with van der Waals surface area (Å²) in [5, 5.41) is 0. The summed E-state index contributed by atoms with van der Waals surface area (Å²) in [6, 6.07) is 7.03. The topological polar surface area (TPSA) is 262 Å². The molecule has 20 heteroatoms. The van der Waals surface area contributed by atoms with Crippen LogP contribution in [0.25, 0.3) is 23.3 Å². The molecule has 0 radical (unpaired) electrons. The molecule has 4 aromatic rings. The third kappa shape index (κ3) is 40.3. The van der Waals surface area contributed by atoms with Crippen LogP contribution in [0.15, 0.2) is 73.8 Å². The molecular formula is C24H12Cl2N8O8Re2. The predicted octanol–water partition coefficient (Wildman–Crippen LogP) is 2.94. The summed E-state index contributed by atoms with van der Waals surface area (Å²) in [6.45, 7) is 36.0. The van der Waals surface area contributed by atoms with Crippen molar-refractivity contribution < 1.29 is 73.6 Å². The van der Waals surface area contributed by atoms with Crippen LogP contribution < -0.4 is 0 Å². The zero-order valence-corrected chi connectivity index (χ0v) is 28.2. The predicted molar refractivity (Wildman–Crippen MR) is 129 cm³/mol. The van der Waals surface area contributed by atoms with Gasteiger partial charge in [-0.15, -0.1) is 0 Å². The monoisotopic (exact) mass is 984 g/mol. The number of hydrogen-bond acceptors (Lipinski definition) is 8. The molecule has 224 valence electrons. The van der Waals surface area contributed by atoms with Crippen molar-refractivity contribution in [3.05, 3.63) is 127 Å². The smallest absolute Gasteiger partial charge is 0.197 e. The van der Waals surface area contributed by atoms with Gasteiger partial charge in [0.2, 0.25) is 0 Å². The minimum atomic E-state index is 0.554. The Morgan fingerprint density at radius 2 is 0.386 bits per heavy atom. The van der Waals surface area contributed by atoms with E-state index in [-0.39, 0.29) is 0 Å². The van der Waals surface area contributed by atoms with Crippen LogP contribution in [0.5, 0.6) is 0 Å². The van der Waals surface area contributed by atoms with Gasteiger partial charge in [0.1, 0.15) is 0 Å². The van der Waals surface area contributed by atoms with Gasteiger partial charge >= 0.3 is 146 Å². The van der Waals surface area contributed by atoms with Crippen LogP contribution >= 0.6 is 19.1 Å². The number of rotatable bonds is 2. The van der Waals surface area contributed by atoms with Gasteiger partial charge in [0.25, 0.3) is 0 Å². The molecule has 4 rings (SSSR count). The standard InChI is InChI=1S/2C8H6N4.8CO.2ClH.2Re/c2*1-3-9-7(10-4-1)8-11-5-2-6-12-8;8*1-2;;;;/h2*1-6H;;;;;;;;;2*1H;;/q;;;;;;;;;;;;2*+1/p-2. The molecule has 0 amide bonds. The van der Waals surface area contributed by atoms with E-state index < -0.39 is 0 Å². The second kappa shape index (κ2) is 71.9. The molecule has 0 N–H and O–H groups in total.